The van der Waals surface area contributed by atoms with Gasteiger partial charge in [0.15, 0.2) is 0 Å². The molecule has 0 bridgehead atoms. The summed E-state index contributed by atoms with van der Waals surface area (Å²) < 4.78 is 3.17. The highest BCUT2D eigenvalue weighted by Crippen LogP contribution is 2.23. The number of hydrogen-bond donors (Lipinski definition) is 1. The van der Waals surface area contributed by atoms with Crippen LogP contribution < -0.4 is 5.73 Å². The fraction of sp³-hybridized carbons (Fsp3) is 0.769. The van der Waals surface area contributed by atoms with E-state index in [9.17, 15) is 0 Å². The molecule has 1 atom stereocenters. The van der Waals surface area contributed by atoms with Crippen LogP contribution in [0.1, 0.15) is 45.0 Å². The minimum absolute atomic E-state index is 0.232. The summed E-state index contributed by atoms with van der Waals surface area (Å²) in [6.45, 7) is 9.52. The highest BCUT2D eigenvalue weighted by molar-refractivity contribution is 9.10. The maximum atomic E-state index is 6.19. The van der Waals surface area contributed by atoms with E-state index in [1.165, 1.54) is 12.1 Å². The Hall–Kier alpha value is -0.350. The Balaban J connectivity index is 2.67. The summed E-state index contributed by atoms with van der Waals surface area (Å²) in [7, 11) is 0. The number of rotatable bonds is 6. The molecular formula is C13H24BrN3. The van der Waals surface area contributed by atoms with Crippen molar-refractivity contribution in [2.75, 3.05) is 0 Å². The van der Waals surface area contributed by atoms with E-state index >= 15 is 0 Å². The molecule has 3 nitrogen and oxygen atoms in total. The maximum Gasteiger partial charge on any atom is 0.0738 e. The summed E-state index contributed by atoms with van der Waals surface area (Å²) in [6, 6.07) is 0.232. The third-order valence-electron chi connectivity index (χ3n) is 3.02. The first-order chi connectivity index (χ1) is 7.95. The van der Waals surface area contributed by atoms with Crippen molar-refractivity contribution in [3.63, 3.8) is 0 Å². The quantitative estimate of drug-likeness (QED) is 0.876. The van der Waals surface area contributed by atoms with Gasteiger partial charge in [-0.3, -0.25) is 4.68 Å². The highest BCUT2D eigenvalue weighted by Gasteiger charge is 2.15. The van der Waals surface area contributed by atoms with Gasteiger partial charge in [0.25, 0.3) is 0 Å². The predicted octanol–water partition coefficient (Wildman–Crippen LogP) is 3.28. The molecule has 0 aliphatic rings. The summed E-state index contributed by atoms with van der Waals surface area (Å²) in [5.74, 6) is 0.724. The van der Waals surface area contributed by atoms with Crippen molar-refractivity contribution in [3.8, 4) is 0 Å². The molecular weight excluding hydrogens is 278 g/mol. The molecule has 17 heavy (non-hydrogen) atoms. The van der Waals surface area contributed by atoms with E-state index in [-0.39, 0.29) is 6.04 Å². The average molecular weight is 302 g/mol. The second kappa shape index (κ2) is 6.55. The molecule has 0 fully saturated rings. The highest BCUT2D eigenvalue weighted by atomic mass is 79.9. The van der Waals surface area contributed by atoms with Gasteiger partial charge in [-0.15, -0.1) is 0 Å². The van der Waals surface area contributed by atoms with Gasteiger partial charge in [0, 0.05) is 19.0 Å². The number of halogens is 1. The van der Waals surface area contributed by atoms with Crippen LogP contribution >= 0.6 is 15.9 Å². The van der Waals surface area contributed by atoms with Crippen LogP contribution in [0.15, 0.2) is 4.47 Å². The summed E-state index contributed by atoms with van der Waals surface area (Å²) in [4.78, 5) is 0. The third kappa shape index (κ3) is 4.11. The Bertz CT molecular complexity index is 358. The lowest BCUT2D eigenvalue weighted by molar-refractivity contribution is 0.482. The monoisotopic (exact) mass is 301 g/mol. The van der Waals surface area contributed by atoms with Crippen molar-refractivity contribution < 1.29 is 0 Å². The number of nitrogens with zero attached hydrogens (tertiary/aromatic N) is 2. The SMILES string of the molecule is CCn1nc(C)c(Br)c1CC(N)CCC(C)C. The number of hydrogen-bond acceptors (Lipinski definition) is 2. The van der Waals surface area contributed by atoms with Gasteiger partial charge in [0.1, 0.15) is 0 Å². The van der Waals surface area contributed by atoms with Gasteiger partial charge in [-0.1, -0.05) is 13.8 Å². The van der Waals surface area contributed by atoms with Crippen molar-refractivity contribution in [1.29, 1.82) is 0 Å². The predicted molar refractivity (Wildman–Crippen MR) is 76.1 cm³/mol. The number of nitrogens with two attached hydrogens (primary N) is 1. The fourth-order valence-electron chi connectivity index (χ4n) is 1.96. The molecule has 0 aromatic carbocycles. The van der Waals surface area contributed by atoms with Gasteiger partial charge in [0.2, 0.25) is 0 Å². The standard InChI is InChI=1S/C13H24BrN3/c1-5-17-12(13(14)10(4)16-17)8-11(15)7-6-9(2)3/h9,11H,5-8,15H2,1-4H3. The van der Waals surface area contributed by atoms with E-state index in [0.29, 0.717) is 0 Å². The molecule has 0 saturated carbocycles. The fourth-order valence-corrected chi connectivity index (χ4v) is 2.41. The first-order valence-corrected chi connectivity index (χ1v) is 7.22. The molecule has 0 spiro atoms. The second-order valence-corrected chi connectivity index (χ2v) is 5.89. The zero-order valence-electron chi connectivity index (χ0n) is 11.3. The van der Waals surface area contributed by atoms with E-state index in [1.807, 2.05) is 6.92 Å². The van der Waals surface area contributed by atoms with Crippen molar-refractivity contribution in [2.45, 2.75) is 59.5 Å². The molecule has 0 radical (unpaired) electrons. The number of aryl methyl sites for hydroxylation is 2. The molecule has 1 heterocycles. The minimum Gasteiger partial charge on any atom is -0.327 e. The zero-order chi connectivity index (χ0) is 13.0. The lowest BCUT2D eigenvalue weighted by Crippen LogP contribution is -2.25. The molecule has 0 amide bonds. The van der Waals surface area contributed by atoms with Gasteiger partial charge in [-0.05, 0) is 48.5 Å². The van der Waals surface area contributed by atoms with E-state index in [4.69, 9.17) is 5.73 Å². The normalized spacial score (nSPS) is 13.4. The van der Waals surface area contributed by atoms with Crippen LogP contribution in [0.5, 0.6) is 0 Å². The summed E-state index contributed by atoms with van der Waals surface area (Å²) in [5, 5.41) is 4.49. The molecule has 0 saturated heterocycles. The Morgan fingerprint density at radius 1 is 1.35 bits per heavy atom. The second-order valence-electron chi connectivity index (χ2n) is 5.10. The first kappa shape index (κ1) is 14.7. The lowest BCUT2D eigenvalue weighted by Gasteiger charge is -2.14. The molecule has 0 aliphatic carbocycles. The van der Waals surface area contributed by atoms with Gasteiger partial charge < -0.3 is 5.73 Å². The molecule has 98 valence electrons. The van der Waals surface area contributed by atoms with Crippen molar-refractivity contribution in [3.05, 3.63) is 15.9 Å². The van der Waals surface area contributed by atoms with Crippen molar-refractivity contribution in [2.24, 2.45) is 11.7 Å². The van der Waals surface area contributed by atoms with Gasteiger partial charge >= 0.3 is 0 Å². The number of aromatic nitrogens is 2. The van der Waals surface area contributed by atoms with Crippen LogP contribution in [0.25, 0.3) is 0 Å². The molecule has 1 aromatic heterocycles. The van der Waals surface area contributed by atoms with Crippen LogP contribution in [-0.4, -0.2) is 15.8 Å². The third-order valence-corrected chi connectivity index (χ3v) is 4.05. The van der Waals surface area contributed by atoms with Crippen LogP contribution in [-0.2, 0) is 13.0 Å². The summed E-state index contributed by atoms with van der Waals surface area (Å²) in [6.07, 6.45) is 3.18. The van der Waals surface area contributed by atoms with Gasteiger partial charge in [-0.25, -0.2) is 0 Å². The van der Waals surface area contributed by atoms with Crippen LogP contribution in [0, 0.1) is 12.8 Å². The molecule has 0 aliphatic heterocycles. The van der Waals surface area contributed by atoms with E-state index < -0.39 is 0 Å². The molecule has 1 aromatic rings. The molecule has 2 N–H and O–H groups in total. The molecule has 4 heteroatoms. The Morgan fingerprint density at radius 2 is 2.00 bits per heavy atom. The van der Waals surface area contributed by atoms with Crippen LogP contribution in [0.2, 0.25) is 0 Å². The largest absolute Gasteiger partial charge is 0.327 e. The van der Waals surface area contributed by atoms with E-state index in [1.54, 1.807) is 0 Å². The zero-order valence-corrected chi connectivity index (χ0v) is 12.9. The van der Waals surface area contributed by atoms with E-state index in [2.05, 4.69) is 46.5 Å². The van der Waals surface area contributed by atoms with Crippen molar-refractivity contribution >= 4 is 15.9 Å². The average Bonchev–Trinajstić information content (AvgIpc) is 2.54. The summed E-state index contributed by atoms with van der Waals surface area (Å²) in [5.41, 5.74) is 8.48. The van der Waals surface area contributed by atoms with E-state index in [0.717, 1.165) is 35.5 Å². The Labute approximate surface area is 113 Å². The maximum absolute atomic E-state index is 6.19. The van der Waals surface area contributed by atoms with Crippen LogP contribution in [0.4, 0.5) is 0 Å². The lowest BCUT2D eigenvalue weighted by atomic mass is 10.0. The molecule has 1 rings (SSSR count). The molecule has 1 unspecified atom stereocenters. The summed E-state index contributed by atoms with van der Waals surface area (Å²) >= 11 is 3.61. The topological polar surface area (TPSA) is 43.8 Å². The van der Waals surface area contributed by atoms with Crippen molar-refractivity contribution in [1.82, 2.24) is 9.78 Å². The Morgan fingerprint density at radius 3 is 2.53 bits per heavy atom. The Kier molecular flexibility index (Phi) is 5.67. The minimum atomic E-state index is 0.232. The van der Waals surface area contributed by atoms with Gasteiger partial charge in [0.05, 0.1) is 15.9 Å². The van der Waals surface area contributed by atoms with Gasteiger partial charge in [-0.2, -0.15) is 5.10 Å². The van der Waals surface area contributed by atoms with Crippen LogP contribution in [0.3, 0.4) is 0 Å². The smallest absolute Gasteiger partial charge is 0.0738 e. The first-order valence-electron chi connectivity index (χ1n) is 6.43.